The van der Waals surface area contributed by atoms with E-state index in [9.17, 15) is 25.9 Å². The van der Waals surface area contributed by atoms with Gasteiger partial charge in [-0.1, -0.05) is 255 Å². The van der Waals surface area contributed by atoms with Gasteiger partial charge in [0.15, 0.2) is 0 Å². The largest absolute Gasteiger partial charge is 0.295 e. The maximum atomic E-state index is 12.5. The number of hydrogen-bond acceptors (Lipinski definition) is 4. The third-order valence-corrected chi connectivity index (χ3v) is 15.5. The van der Waals surface area contributed by atoms with Crippen molar-refractivity contribution in [2.75, 3.05) is 0 Å². The van der Waals surface area contributed by atoms with Crippen molar-refractivity contribution >= 4 is 41.8 Å². The Kier molecular flexibility index (Phi) is 29.4. The Morgan fingerprint density at radius 2 is 0.576 bits per heavy atom. The lowest BCUT2D eigenvalue weighted by Gasteiger charge is -2.17. The molecule has 0 aliphatic rings. The Bertz CT molecular complexity index is 2140. The van der Waals surface area contributed by atoms with E-state index in [1.165, 1.54) is 154 Å². The predicted octanol–water partition coefficient (Wildman–Crippen LogP) is 18.1. The van der Waals surface area contributed by atoms with Crippen molar-refractivity contribution in [1.82, 2.24) is 0 Å². The normalized spacial score (nSPS) is 12.0. The standard InChI is InChI=1S/C30H48O3S.C28H44O3S/c1-3-5-7-9-11-13-15-17-21-26-25-27-22-19-20-24-29(27)30(34(31,32)33)28(26)23-18-16-14-12-10-8-6-4-2;1-3-5-7-9-11-13-15-19-24-23-25-20-17-18-22-27(25)28(32(29,30)31)26(24)21-16-14-12-10-8-6-4-2/h19-20,22,24-25H,3-18,21,23H2,1-2H3,(H,31,32,33);17-18,20,22-23H,3-16,19,21H2,1-2H3,(H,29,30,31). The molecule has 0 fully saturated rings. The molecule has 2 N–H and O–H groups in total. The monoisotopic (exact) mass is 949 g/mol. The zero-order valence-electron chi connectivity index (χ0n) is 42.2. The van der Waals surface area contributed by atoms with Crippen LogP contribution in [0, 0.1) is 0 Å². The van der Waals surface area contributed by atoms with Gasteiger partial charge >= 0.3 is 0 Å². The highest BCUT2D eigenvalue weighted by Gasteiger charge is 2.24. The number of unbranched alkanes of at least 4 members (excludes halogenated alkanes) is 26. The van der Waals surface area contributed by atoms with Crippen LogP contribution in [-0.2, 0) is 45.9 Å². The first-order valence-corrected chi connectivity index (χ1v) is 29.9. The Hall–Kier alpha value is -2.78. The molecule has 0 aliphatic heterocycles. The second-order valence-electron chi connectivity index (χ2n) is 19.3. The maximum absolute atomic E-state index is 12.5. The van der Waals surface area contributed by atoms with Crippen LogP contribution in [0.4, 0.5) is 0 Å². The quantitative estimate of drug-likeness (QED) is 0.0347. The number of hydrogen-bond donors (Lipinski definition) is 2. The lowest BCUT2D eigenvalue weighted by molar-refractivity contribution is 0.480. The van der Waals surface area contributed by atoms with E-state index in [4.69, 9.17) is 0 Å². The van der Waals surface area contributed by atoms with Gasteiger partial charge in [0.05, 0.1) is 0 Å². The smallest absolute Gasteiger partial charge is 0.282 e. The number of rotatable bonds is 36. The third kappa shape index (κ3) is 21.7. The van der Waals surface area contributed by atoms with Gasteiger partial charge < -0.3 is 0 Å². The van der Waals surface area contributed by atoms with E-state index in [2.05, 4.69) is 39.8 Å². The third-order valence-electron chi connectivity index (χ3n) is 13.6. The van der Waals surface area contributed by atoms with Crippen molar-refractivity contribution in [2.45, 2.75) is 256 Å². The molecule has 0 saturated heterocycles. The lowest BCUT2D eigenvalue weighted by Crippen LogP contribution is -2.08. The minimum Gasteiger partial charge on any atom is -0.282 e. The summed E-state index contributed by atoms with van der Waals surface area (Å²) in [5.74, 6) is 0. The van der Waals surface area contributed by atoms with Gasteiger partial charge in [-0.3, -0.25) is 9.11 Å². The highest BCUT2D eigenvalue weighted by Crippen LogP contribution is 2.34. The SMILES string of the molecule is CCCCCCCCCCc1cc2ccccc2c(S(=O)(=O)O)c1CCCCCCCCCC.CCCCCCCCCc1cc2ccccc2c(S(=O)(=O)O)c1CCCCCCCCC. The van der Waals surface area contributed by atoms with Crippen molar-refractivity contribution in [2.24, 2.45) is 0 Å². The first-order valence-electron chi connectivity index (χ1n) is 27.0. The fourth-order valence-corrected chi connectivity index (χ4v) is 11.8. The molecule has 4 aromatic rings. The molecule has 0 aliphatic carbocycles. The van der Waals surface area contributed by atoms with Gasteiger partial charge in [0, 0.05) is 10.8 Å². The number of aryl methyl sites for hydroxylation is 2. The highest BCUT2D eigenvalue weighted by molar-refractivity contribution is 7.86. The van der Waals surface area contributed by atoms with E-state index in [1.807, 2.05) is 48.5 Å². The fraction of sp³-hybridized carbons (Fsp3) is 0.655. The molecule has 0 unspecified atom stereocenters. The molecule has 0 bridgehead atoms. The number of benzene rings is 4. The van der Waals surface area contributed by atoms with E-state index in [0.717, 1.165) is 97.2 Å². The molecule has 8 heteroatoms. The summed E-state index contributed by atoms with van der Waals surface area (Å²) in [4.78, 5) is 0.308. The van der Waals surface area contributed by atoms with Gasteiger partial charge in [-0.05, 0) is 84.4 Å². The topological polar surface area (TPSA) is 109 Å². The molecular weight excluding hydrogens is 857 g/mol. The maximum Gasteiger partial charge on any atom is 0.295 e. The molecule has 0 aromatic heterocycles. The van der Waals surface area contributed by atoms with Crippen LogP contribution in [0.15, 0.2) is 70.5 Å². The summed E-state index contributed by atoms with van der Waals surface area (Å²) < 4.78 is 70.3. The summed E-state index contributed by atoms with van der Waals surface area (Å²) in [6.07, 6.45) is 40.0. The van der Waals surface area contributed by atoms with Crippen molar-refractivity contribution in [3.63, 3.8) is 0 Å². The van der Waals surface area contributed by atoms with E-state index < -0.39 is 20.2 Å². The van der Waals surface area contributed by atoms with E-state index in [-0.39, 0.29) is 9.79 Å². The van der Waals surface area contributed by atoms with Crippen molar-refractivity contribution in [3.05, 3.63) is 82.9 Å². The molecule has 0 saturated carbocycles. The Morgan fingerprint density at radius 3 is 0.848 bits per heavy atom. The van der Waals surface area contributed by atoms with Crippen LogP contribution in [0.2, 0.25) is 0 Å². The molecule has 372 valence electrons. The first-order chi connectivity index (χ1) is 32.0. The van der Waals surface area contributed by atoms with Crippen LogP contribution in [0.5, 0.6) is 0 Å². The van der Waals surface area contributed by atoms with Crippen molar-refractivity contribution in [1.29, 1.82) is 0 Å². The summed E-state index contributed by atoms with van der Waals surface area (Å²) in [6.45, 7) is 8.94. The second kappa shape index (κ2) is 33.7. The minimum atomic E-state index is -4.29. The minimum absolute atomic E-state index is 0.152. The highest BCUT2D eigenvalue weighted by atomic mass is 32.2. The zero-order chi connectivity index (χ0) is 47.9. The van der Waals surface area contributed by atoms with E-state index in [1.54, 1.807) is 0 Å². The Balaban J connectivity index is 0.000000351. The van der Waals surface area contributed by atoms with Crippen LogP contribution in [0.25, 0.3) is 21.5 Å². The summed E-state index contributed by atoms with van der Waals surface area (Å²) >= 11 is 0. The van der Waals surface area contributed by atoms with Gasteiger partial charge in [0.25, 0.3) is 20.2 Å². The van der Waals surface area contributed by atoms with Crippen molar-refractivity contribution < 1.29 is 25.9 Å². The summed E-state index contributed by atoms with van der Waals surface area (Å²) in [6, 6.07) is 19.5. The second-order valence-corrected chi connectivity index (χ2v) is 22.0. The number of fused-ring (bicyclic) bond motifs is 2. The molecule has 0 atom stereocenters. The van der Waals surface area contributed by atoms with E-state index >= 15 is 0 Å². The fourth-order valence-electron chi connectivity index (χ4n) is 9.83. The Morgan fingerprint density at radius 1 is 0.333 bits per heavy atom. The zero-order valence-corrected chi connectivity index (χ0v) is 43.8. The van der Waals surface area contributed by atoms with Crippen LogP contribution in [0.3, 0.4) is 0 Å². The summed E-state index contributed by atoms with van der Waals surface area (Å²) in [7, 11) is -8.57. The average molecular weight is 950 g/mol. The van der Waals surface area contributed by atoms with Crippen LogP contribution in [0.1, 0.15) is 243 Å². The molecule has 6 nitrogen and oxygen atoms in total. The van der Waals surface area contributed by atoms with Crippen molar-refractivity contribution in [3.8, 4) is 0 Å². The van der Waals surface area contributed by atoms with E-state index in [0.29, 0.717) is 10.8 Å². The van der Waals surface area contributed by atoms with Gasteiger partial charge in [-0.25, -0.2) is 0 Å². The van der Waals surface area contributed by atoms with Gasteiger partial charge in [0.1, 0.15) is 9.79 Å². The molecule has 0 amide bonds. The predicted molar refractivity (Wildman–Crippen MR) is 284 cm³/mol. The average Bonchev–Trinajstić information content (AvgIpc) is 3.29. The van der Waals surface area contributed by atoms with Gasteiger partial charge in [0.2, 0.25) is 0 Å². The molecule has 0 spiro atoms. The molecule has 0 heterocycles. The van der Waals surface area contributed by atoms with Crippen LogP contribution >= 0.6 is 0 Å². The van der Waals surface area contributed by atoms with Gasteiger partial charge in [-0.2, -0.15) is 16.8 Å². The summed E-state index contributed by atoms with van der Waals surface area (Å²) in [5, 5.41) is 3.11. The molecule has 0 radical (unpaired) electrons. The molecule has 4 rings (SSSR count). The molecular formula is C58H92O6S2. The van der Waals surface area contributed by atoms with Crippen LogP contribution < -0.4 is 0 Å². The molecule has 66 heavy (non-hydrogen) atoms. The van der Waals surface area contributed by atoms with Gasteiger partial charge in [-0.15, -0.1) is 0 Å². The Labute approximate surface area is 404 Å². The van der Waals surface area contributed by atoms with Crippen LogP contribution in [-0.4, -0.2) is 25.9 Å². The molecule has 4 aromatic carbocycles. The summed E-state index contributed by atoms with van der Waals surface area (Å²) in [5.41, 5.74) is 3.93. The first kappa shape index (κ1) is 57.5. The lowest BCUT2D eigenvalue weighted by atomic mass is 9.93.